The van der Waals surface area contributed by atoms with E-state index in [-0.39, 0.29) is 51.0 Å². The summed E-state index contributed by atoms with van der Waals surface area (Å²) in [6, 6.07) is 0. The van der Waals surface area contributed by atoms with Gasteiger partial charge in [0.1, 0.15) is 0 Å². The third-order valence-electron chi connectivity index (χ3n) is 1.59. The Morgan fingerprint density at radius 2 is 1.84 bits per heavy atom. The number of unbranched alkanes of at least 4 members (excludes halogenated alkanes) is 2. The smallest absolute Gasteiger partial charge is 1.00 e. The number of hydrogen-bond acceptors (Lipinski definition) is 1. The van der Waals surface area contributed by atoms with Crippen molar-refractivity contribution >= 4 is 15.4 Å². The number of amides is 1. The van der Waals surface area contributed by atoms with E-state index in [4.69, 9.17) is 5.73 Å². The third-order valence-corrected chi connectivity index (χ3v) is 1.59. The van der Waals surface area contributed by atoms with Crippen molar-refractivity contribution in [1.82, 2.24) is 0 Å². The van der Waals surface area contributed by atoms with Crippen LogP contribution in [0.1, 0.15) is 39.0 Å². The van der Waals surface area contributed by atoms with E-state index in [9.17, 15) is 4.79 Å². The topological polar surface area (TPSA) is 40.9 Å². The van der Waals surface area contributed by atoms with Gasteiger partial charge >= 0.3 is 26.2 Å². The second-order valence-electron chi connectivity index (χ2n) is 3.46. The molecule has 0 unspecified atom stereocenters. The van der Waals surface area contributed by atoms with Crippen molar-refractivity contribution in [1.29, 1.82) is 0 Å². The van der Waals surface area contributed by atoms with Crippen LogP contribution in [0.2, 0.25) is 13.1 Å². The number of rotatable bonds is 4. The van der Waals surface area contributed by atoms with Gasteiger partial charge in [-0.05, 0) is 12.8 Å². The summed E-state index contributed by atoms with van der Waals surface area (Å²) in [5.41, 5.74) is 6.52. The van der Waals surface area contributed by atoms with Gasteiger partial charge in [0.05, 0.1) is 0 Å². The van der Waals surface area contributed by atoms with Gasteiger partial charge in [-0.15, -0.1) is 6.42 Å². The first-order valence-electron chi connectivity index (χ1n) is 5.89. The fourth-order valence-corrected chi connectivity index (χ4v) is 0.876. The van der Waals surface area contributed by atoms with Crippen LogP contribution in [0.3, 0.4) is 0 Å². The van der Waals surface area contributed by atoms with Gasteiger partial charge in [0.2, 0.25) is 0 Å². The Balaban J connectivity index is -0.0000000522. The molecule has 6 heteroatoms. The predicted molar refractivity (Wildman–Crippen MR) is 73.9 cm³/mol. The molecule has 0 aliphatic heterocycles. The summed E-state index contributed by atoms with van der Waals surface area (Å²) in [5.74, 6) is -0.432. The summed E-state index contributed by atoms with van der Waals surface area (Å²) in [4.78, 5) is 9.99. The van der Waals surface area contributed by atoms with Crippen LogP contribution in [0.25, 0.3) is 5.73 Å². The van der Waals surface area contributed by atoms with Crippen LogP contribution >= 0.6 is 0 Å². The quantitative estimate of drug-likeness (QED) is 0.305. The molecule has 0 heterocycles. The number of carbonyl (C=O) groups excluding carboxylic acids is 1. The van der Waals surface area contributed by atoms with E-state index in [1.54, 1.807) is 0 Å². The zero-order valence-corrected chi connectivity index (χ0v) is 17.1. The van der Waals surface area contributed by atoms with Crippen LogP contribution in [0.15, 0.2) is 18.2 Å². The average molecular weight is 401 g/mol. The molecule has 0 aromatic carbocycles. The third kappa shape index (κ3) is 45.6. The molecule has 0 saturated heterocycles. The average Bonchev–Trinajstić information content (AvgIpc) is 2.76. The maximum Gasteiger partial charge on any atom is 4.00 e. The molecular weight excluding hydrogens is 376 g/mol. The van der Waals surface area contributed by atoms with Crippen molar-refractivity contribution in [2.24, 2.45) is 0 Å². The summed E-state index contributed by atoms with van der Waals surface area (Å²) < 4.78 is 0. The number of hydrogen-bond donors (Lipinski definition) is 0. The molecule has 0 fully saturated rings. The van der Waals surface area contributed by atoms with E-state index < -0.39 is 5.91 Å². The van der Waals surface area contributed by atoms with Crippen LogP contribution in [-0.2, 0) is 31.0 Å². The molecule has 0 bridgehead atoms. The van der Waals surface area contributed by atoms with Crippen LogP contribution in [0.4, 0.5) is 0 Å². The second-order valence-corrected chi connectivity index (χ2v) is 4.62. The van der Waals surface area contributed by atoms with Crippen LogP contribution < -0.4 is 24.8 Å². The fraction of sp³-hybridized carbons (Fsp3) is 0.615. The van der Waals surface area contributed by atoms with Crippen molar-refractivity contribution < 1.29 is 55.8 Å². The molecule has 0 aromatic rings. The van der Waals surface area contributed by atoms with Gasteiger partial charge < -0.3 is 35.3 Å². The van der Waals surface area contributed by atoms with Crippen LogP contribution in [-0.4, -0.2) is 15.4 Å². The minimum atomic E-state index is -0.432. The predicted octanol–water partition coefficient (Wildman–Crippen LogP) is -2.02. The molecule has 109 valence electrons. The molecule has 0 spiro atoms. The zero-order valence-electron chi connectivity index (χ0n) is 12.0. The fourth-order valence-electron chi connectivity index (χ4n) is 0.876. The first-order chi connectivity index (χ1) is 7.68. The van der Waals surface area contributed by atoms with Gasteiger partial charge in [-0.25, -0.2) is 12.2 Å². The normalized spacial score (nSPS) is 9.42. The van der Waals surface area contributed by atoms with Crippen LogP contribution in [0, 0.1) is 6.08 Å². The summed E-state index contributed by atoms with van der Waals surface area (Å²) in [5, 5.41) is 0. The first kappa shape index (κ1) is 31.8. The monoisotopic (exact) mass is 398 g/mol. The zero-order chi connectivity index (χ0) is 12.6. The molecule has 0 atom stereocenters. The van der Waals surface area contributed by atoms with Gasteiger partial charge in [-0.3, -0.25) is 6.08 Å². The second kappa shape index (κ2) is 31.2. The number of halogens is 2. The van der Waals surface area contributed by atoms with E-state index in [1.165, 1.54) is 0 Å². The Bertz CT molecular complexity index is 205. The van der Waals surface area contributed by atoms with E-state index in [0.717, 1.165) is 35.2 Å². The molecule has 1 aliphatic carbocycles. The van der Waals surface area contributed by atoms with Crippen molar-refractivity contribution in [3.05, 3.63) is 30.0 Å². The molecule has 19 heavy (non-hydrogen) atoms. The summed E-state index contributed by atoms with van der Waals surface area (Å²) in [6.45, 7) is 6.49. The van der Waals surface area contributed by atoms with E-state index in [1.807, 2.05) is 12.2 Å². The molecule has 1 aliphatic rings. The van der Waals surface area contributed by atoms with Gasteiger partial charge in [0.15, 0.2) is 0 Å². The molecule has 1 N–H and O–H groups in total. The van der Waals surface area contributed by atoms with Gasteiger partial charge in [-0.1, -0.05) is 32.9 Å². The minimum absolute atomic E-state index is 0. The van der Waals surface area contributed by atoms with Crippen molar-refractivity contribution in [2.75, 3.05) is 0 Å². The van der Waals surface area contributed by atoms with E-state index in [2.05, 4.69) is 32.2 Å². The molecule has 0 aromatic heterocycles. The maximum absolute atomic E-state index is 9.99. The minimum Gasteiger partial charge on any atom is -1.00 e. The summed E-state index contributed by atoms with van der Waals surface area (Å²) in [6.07, 6.45) is 13.5. The molecular formula is C13H24Cl2NOSiZr. The Hall–Kier alpha value is 0.630. The number of allylic oxidation sites excluding steroid dienone is 4. The first-order valence-corrected chi connectivity index (χ1v) is 8.20. The van der Waals surface area contributed by atoms with Crippen molar-refractivity contribution in [3.63, 3.8) is 0 Å². The summed E-state index contributed by atoms with van der Waals surface area (Å²) >= 11 is 0. The Labute approximate surface area is 152 Å². The van der Waals surface area contributed by atoms with Crippen LogP contribution in [0.5, 0.6) is 0 Å². The SMILES string of the molecule is CCCCCC([NH-])=O.C[SiH]C.[C-]1=CC=CC1.[Cl-].[Cl-].[Zr+4]. The molecule has 1 amide bonds. The molecule has 0 saturated carbocycles. The largest absolute Gasteiger partial charge is 4.00 e. The molecule has 2 nitrogen and oxygen atoms in total. The van der Waals surface area contributed by atoms with E-state index in [0.29, 0.717) is 6.42 Å². The molecule has 1 rings (SSSR count). The standard InChI is InChI=1S/C6H13NO.C5H5.C2H7Si.2ClH.Zr/c1-2-3-4-5-6(7)8;1-2-4-5-3-1;1-3-2;;;/h2-5H2,1H3,(H2,7,8);1-3H,4H2;3H,1-2H3;2*1H;/q;-1;;;;+4/p-3. The number of carbonyl (C=O) groups is 1. The van der Waals surface area contributed by atoms with Crippen molar-refractivity contribution in [2.45, 2.75) is 52.1 Å². The van der Waals surface area contributed by atoms with E-state index >= 15 is 0 Å². The summed E-state index contributed by atoms with van der Waals surface area (Å²) in [7, 11) is 0.750. The maximum atomic E-state index is 9.99. The Morgan fingerprint density at radius 1 is 1.32 bits per heavy atom. The van der Waals surface area contributed by atoms with Gasteiger partial charge in [0.25, 0.3) is 0 Å². The molecule has 1 radical (unpaired) electrons. The Kier molecular flexibility index (Phi) is 52.2. The van der Waals surface area contributed by atoms with Crippen molar-refractivity contribution in [3.8, 4) is 0 Å². The Morgan fingerprint density at radius 3 is 2.05 bits per heavy atom. The van der Waals surface area contributed by atoms with Gasteiger partial charge in [0, 0.05) is 15.4 Å². The van der Waals surface area contributed by atoms with Gasteiger partial charge in [-0.2, -0.15) is 6.08 Å². The number of nitrogens with one attached hydrogen (secondary N) is 1.